The summed E-state index contributed by atoms with van der Waals surface area (Å²) in [5, 5.41) is 2.98. The molecule has 1 aliphatic heterocycles. The summed E-state index contributed by atoms with van der Waals surface area (Å²) in [4.78, 5) is 30.7. The van der Waals surface area contributed by atoms with Crippen LogP contribution in [0.2, 0.25) is 5.02 Å². The minimum Gasteiger partial charge on any atom is -0.310 e. The molecule has 4 rings (SSSR count). The van der Waals surface area contributed by atoms with Crippen molar-refractivity contribution in [3.05, 3.63) is 47.1 Å². The number of carbonyl (C=O) groups is 2. The highest BCUT2D eigenvalue weighted by Gasteiger charge is 2.40. The maximum Gasteiger partial charge on any atom is 0.243 e. The minimum atomic E-state index is -3.89. The Labute approximate surface area is 186 Å². The van der Waals surface area contributed by atoms with E-state index in [0.717, 1.165) is 28.4 Å². The van der Waals surface area contributed by atoms with Crippen LogP contribution in [0.4, 0.5) is 11.5 Å². The Kier molecular flexibility index (Phi) is 5.76. The zero-order valence-corrected chi connectivity index (χ0v) is 18.8. The molecule has 0 bridgehead atoms. The van der Waals surface area contributed by atoms with Crippen LogP contribution in [0.25, 0.3) is 0 Å². The number of anilines is 2. The molecule has 0 spiro atoms. The summed E-state index contributed by atoms with van der Waals surface area (Å²) in [5.41, 5.74) is 1.60. The Bertz CT molecular complexity index is 1130. The number of likely N-dealkylation sites (N-methyl/N-ethyl adjacent to an activating group) is 1. The molecule has 1 atom stereocenters. The van der Waals surface area contributed by atoms with Crippen molar-refractivity contribution in [1.82, 2.24) is 9.29 Å². The van der Waals surface area contributed by atoms with E-state index in [4.69, 9.17) is 11.6 Å². The Morgan fingerprint density at radius 3 is 2.65 bits per heavy atom. The van der Waals surface area contributed by atoms with Crippen LogP contribution in [-0.2, 0) is 26.0 Å². The number of fused-ring (bicyclic) bond motifs is 1. The minimum absolute atomic E-state index is 0.00330. The standard InChI is InChI=1S/C21H23ClN4O4S/c1-13-9-15-10-17(6-7-18(15)26(13)21(28)14-3-4-14)31(29,30)25(2)12-20(27)24-19-8-5-16(22)11-23-19/h5-8,10-11,13-14H,3-4,9,12H2,1-2H3,(H,23,24,27)/t13-/m1/s1. The summed E-state index contributed by atoms with van der Waals surface area (Å²) >= 11 is 5.77. The van der Waals surface area contributed by atoms with E-state index in [-0.39, 0.29) is 35.1 Å². The molecular weight excluding hydrogens is 440 g/mol. The molecule has 2 heterocycles. The molecule has 2 aromatic rings. The lowest BCUT2D eigenvalue weighted by Crippen LogP contribution is -2.36. The van der Waals surface area contributed by atoms with E-state index in [1.165, 1.54) is 25.4 Å². The van der Waals surface area contributed by atoms with Crippen molar-refractivity contribution in [1.29, 1.82) is 0 Å². The van der Waals surface area contributed by atoms with E-state index in [2.05, 4.69) is 10.3 Å². The van der Waals surface area contributed by atoms with Crippen LogP contribution in [0.5, 0.6) is 0 Å². The van der Waals surface area contributed by atoms with Crippen LogP contribution >= 0.6 is 11.6 Å². The number of halogens is 1. The highest BCUT2D eigenvalue weighted by atomic mass is 35.5. The van der Waals surface area contributed by atoms with Crippen molar-refractivity contribution in [2.24, 2.45) is 5.92 Å². The summed E-state index contributed by atoms with van der Waals surface area (Å²) in [6.07, 6.45) is 3.83. The fraction of sp³-hybridized carbons (Fsp3) is 0.381. The highest BCUT2D eigenvalue weighted by Crippen LogP contribution is 2.39. The third-order valence-electron chi connectivity index (χ3n) is 5.50. The van der Waals surface area contributed by atoms with Crippen molar-refractivity contribution < 1.29 is 18.0 Å². The molecule has 1 aromatic heterocycles. The normalized spacial score (nSPS) is 18.2. The molecule has 1 fully saturated rings. The summed E-state index contributed by atoms with van der Waals surface area (Å²) in [5.74, 6) is -0.0212. The van der Waals surface area contributed by atoms with Crippen LogP contribution in [0, 0.1) is 5.92 Å². The quantitative estimate of drug-likeness (QED) is 0.711. The van der Waals surface area contributed by atoms with Crippen molar-refractivity contribution in [3.63, 3.8) is 0 Å². The lowest BCUT2D eigenvalue weighted by atomic mass is 10.1. The van der Waals surface area contributed by atoms with Gasteiger partial charge < -0.3 is 10.2 Å². The maximum absolute atomic E-state index is 13.0. The van der Waals surface area contributed by atoms with Gasteiger partial charge in [0.25, 0.3) is 0 Å². The second-order valence-corrected chi connectivity index (χ2v) is 10.5. The molecule has 1 aliphatic carbocycles. The molecule has 164 valence electrons. The van der Waals surface area contributed by atoms with E-state index in [1.807, 2.05) is 6.92 Å². The largest absolute Gasteiger partial charge is 0.310 e. The van der Waals surface area contributed by atoms with E-state index in [9.17, 15) is 18.0 Å². The fourth-order valence-corrected chi connectivity index (χ4v) is 5.02. The van der Waals surface area contributed by atoms with Gasteiger partial charge in [0, 0.05) is 30.9 Å². The average molecular weight is 463 g/mol. The molecule has 0 saturated heterocycles. The van der Waals surface area contributed by atoms with E-state index >= 15 is 0 Å². The average Bonchev–Trinajstić information content (AvgIpc) is 3.51. The van der Waals surface area contributed by atoms with Crippen LogP contribution < -0.4 is 10.2 Å². The second kappa shape index (κ2) is 8.22. The Morgan fingerprint density at radius 2 is 2.00 bits per heavy atom. The number of benzene rings is 1. The third kappa shape index (κ3) is 4.44. The number of hydrogen-bond donors (Lipinski definition) is 1. The van der Waals surface area contributed by atoms with Crippen LogP contribution in [0.15, 0.2) is 41.4 Å². The molecule has 0 unspecified atom stereocenters. The number of sulfonamides is 1. The number of amides is 2. The monoisotopic (exact) mass is 462 g/mol. The van der Waals surface area contributed by atoms with Gasteiger partial charge in [-0.15, -0.1) is 0 Å². The number of rotatable bonds is 6. The molecule has 10 heteroatoms. The van der Waals surface area contributed by atoms with Gasteiger partial charge in [-0.3, -0.25) is 9.59 Å². The predicted molar refractivity (Wildman–Crippen MR) is 118 cm³/mol. The molecular formula is C21H23ClN4O4S. The fourth-order valence-electron chi connectivity index (χ4n) is 3.73. The van der Waals surface area contributed by atoms with Gasteiger partial charge in [0.15, 0.2) is 0 Å². The summed E-state index contributed by atoms with van der Waals surface area (Å²) in [6, 6.07) is 7.90. The Hall–Kier alpha value is -2.49. The smallest absolute Gasteiger partial charge is 0.243 e. The Balaban J connectivity index is 1.48. The molecule has 31 heavy (non-hydrogen) atoms. The first-order valence-corrected chi connectivity index (χ1v) is 11.8. The summed E-state index contributed by atoms with van der Waals surface area (Å²) in [7, 11) is -2.54. The zero-order valence-electron chi connectivity index (χ0n) is 17.2. The van der Waals surface area contributed by atoms with Gasteiger partial charge in [-0.2, -0.15) is 4.31 Å². The van der Waals surface area contributed by atoms with Gasteiger partial charge in [-0.05, 0) is 62.1 Å². The van der Waals surface area contributed by atoms with Crippen molar-refractivity contribution >= 4 is 44.9 Å². The highest BCUT2D eigenvalue weighted by molar-refractivity contribution is 7.89. The number of nitrogens with one attached hydrogen (secondary N) is 1. The van der Waals surface area contributed by atoms with Crippen molar-refractivity contribution in [3.8, 4) is 0 Å². The zero-order chi connectivity index (χ0) is 22.3. The van der Waals surface area contributed by atoms with Gasteiger partial charge in [0.2, 0.25) is 21.8 Å². The van der Waals surface area contributed by atoms with Crippen molar-refractivity contribution in [2.75, 3.05) is 23.8 Å². The first-order chi connectivity index (χ1) is 14.7. The van der Waals surface area contributed by atoms with Crippen molar-refractivity contribution in [2.45, 2.75) is 37.1 Å². The molecule has 2 aliphatic rings. The second-order valence-electron chi connectivity index (χ2n) is 8.00. The molecule has 2 amide bonds. The molecule has 1 aromatic carbocycles. The molecule has 1 N–H and O–H groups in total. The maximum atomic E-state index is 13.0. The van der Waals surface area contributed by atoms with Crippen LogP contribution in [-0.4, -0.2) is 49.2 Å². The summed E-state index contributed by atoms with van der Waals surface area (Å²) < 4.78 is 27.0. The number of nitrogens with zero attached hydrogens (tertiary/aromatic N) is 3. The first-order valence-electron chi connectivity index (χ1n) is 10.0. The number of hydrogen-bond acceptors (Lipinski definition) is 5. The lowest BCUT2D eigenvalue weighted by molar-refractivity contribution is -0.120. The predicted octanol–water partition coefficient (Wildman–Crippen LogP) is 2.68. The number of pyridine rings is 1. The topological polar surface area (TPSA) is 99.7 Å². The SMILES string of the molecule is C[C@@H]1Cc2cc(S(=O)(=O)N(C)CC(=O)Nc3ccc(Cl)cn3)ccc2N1C(=O)C1CC1. The Morgan fingerprint density at radius 1 is 1.26 bits per heavy atom. The van der Waals surface area contributed by atoms with E-state index in [1.54, 1.807) is 23.1 Å². The number of carbonyl (C=O) groups excluding carboxylic acids is 2. The van der Waals surface area contributed by atoms with Gasteiger partial charge in [-0.25, -0.2) is 13.4 Å². The molecule has 8 nitrogen and oxygen atoms in total. The first kappa shape index (κ1) is 21.7. The summed E-state index contributed by atoms with van der Waals surface area (Å²) in [6.45, 7) is 1.60. The van der Waals surface area contributed by atoms with E-state index < -0.39 is 15.9 Å². The van der Waals surface area contributed by atoms with Gasteiger partial charge >= 0.3 is 0 Å². The molecule has 0 radical (unpaired) electrons. The number of aromatic nitrogens is 1. The van der Waals surface area contributed by atoms with Crippen LogP contribution in [0.1, 0.15) is 25.3 Å². The molecule has 1 saturated carbocycles. The van der Waals surface area contributed by atoms with Gasteiger partial charge in [0.1, 0.15) is 5.82 Å². The van der Waals surface area contributed by atoms with Crippen LogP contribution in [0.3, 0.4) is 0 Å². The van der Waals surface area contributed by atoms with Gasteiger partial charge in [-0.1, -0.05) is 11.6 Å². The van der Waals surface area contributed by atoms with Gasteiger partial charge in [0.05, 0.1) is 16.5 Å². The third-order valence-corrected chi connectivity index (χ3v) is 7.52. The van der Waals surface area contributed by atoms with E-state index in [0.29, 0.717) is 11.4 Å². The lowest BCUT2D eigenvalue weighted by Gasteiger charge is -2.23.